The van der Waals surface area contributed by atoms with E-state index in [9.17, 15) is 4.79 Å². The number of nitrogens with zero attached hydrogens (tertiary/aromatic N) is 1. The lowest BCUT2D eigenvalue weighted by molar-refractivity contribution is -0.124. The van der Waals surface area contributed by atoms with Crippen molar-refractivity contribution in [1.29, 1.82) is 0 Å². The first kappa shape index (κ1) is 10.7. The lowest BCUT2D eigenvalue weighted by atomic mass is 9.77. The van der Waals surface area contributed by atoms with E-state index in [1.165, 1.54) is 12.8 Å². The van der Waals surface area contributed by atoms with Gasteiger partial charge in [-0.2, -0.15) is 0 Å². The molecule has 0 aromatic heterocycles. The predicted molar refractivity (Wildman–Crippen MR) is 63.3 cm³/mol. The monoisotopic (exact) mass is 222 g/mol. The zero-order valence-corrected chi connectivity index (χ0v) is 10.3. The normalized spacial score (nSPS) is 46.2. The van der Waals surface area contributed by atoms with Crippen LogP contribution >= 0.6 is 0 Å². The smallest absolute Gasteiger partial charge is 0.150 e. The van der Waals surface area contributed by atoms with Crippen molar-refractivity contribution in [2.75, 3.05) is 13.1 Å². The molecule has 0 spiro atoms. The van der Waals surface area contributed by atoms with Crippen LogP contribution in [0.5, 0.6) is 0 Å². The van der Waals surface area contributed by atoms with Crippen molar-refractivity contribution < 1.29 is 4.79 Å². The zero-order chi connectivity index (χ0) is 11.3. The lowest BCUT2D eigenvalue weighted by Gasteiger charge is -2.28. The number of Topliss-reactive ketones (excluding diaryl/α,β-unsaturated/α-hetero) is 1. The summed E-state index contributed by atoms with van der Waals surface area (Å²) < 4.78 is 0. The second kappa shape index (κ2) is 3.81. The third-order valence-electron chi connectivity index (χ3n) is 4.98. The maximum atomic E-state index is 12.1. The van der Waals surface area contributed by atoms with E-state index < -0.39 is 0 Å². The van der Waals surface area contributed by atoms with Crippen LogP contribution in [0.25, 0.3) is 0 Å². The molecule has 5 unspecified atom stereocenters. The number of nitrogens with one attached hydrogen (secondary N) is 1. The van der Waals surface area contributed by atoms with E-state index in [0.717, 1.165) is 19.0 Å². The molecule has 3 heterocycles. The number of rotatable bonds is 3. The highest BCUT2D eigenvalue weighted by molar-refractivity contribution is 5.84. The Morgan fingerprint density at radius 2 is 2.06 bits per heavy atom. The molecule has 3 rings (SSSR count). The molecular formula is C13H22N2O. The largest absolute Gasteiger partial charge is 0.311 e. The average molecular weight is 222 g/mol. The average Bonchev–Trinajstić information content (AvgIpc) is 2.97. The minimum Gasteiger partial charge on any atom is -0.311 e. The summed E-state index contributed by atoms with van der Waals surface area (Å²) in [6.45, 7) is 6.37. The number of ketones is 1. The van der Waals surface area contributed by atoms with Crippen molar-refractivity contribution in [3.63, 3.8) is 0 Å². The molecule has 2 bridgehead atoms. The van der Waals surface area contributed by atoms with E-state index in [0.29, 0.717) is 30.2 Å². The predicted octanol–water partition coefficient (Wildman–Crippen LogP) is 1.04. The van der Waals surface area contributed by atoms with Gasteiger partial charge < -0.3 is 5.32 Å². The number of likely N-dealkylation sites (tertiary alicyclic amines) is 1. The minimum absolute atomic E-state index is 0.225. The number of carbonyl (C=O) groups excluding carboxylic acids is 1. The Labute approximate surface area is 97.6 Å². The third-order valence-corrected chi connectivity index (χ3v) is 4.98. The number of hydrogen-bond acceptors (Lipinski definition) is 3. The second-order valence-corrected chi connectivity index (χ2v) is 5.55. The Morgan fingerprint density at radius 3 is 2.75 bits per heavy atom. The van der Waals surface area contributed by atoms with E-state index in [1.54, 1.807) is 0 Å². The molecule has 3 heteroatoms. The Bertz CT molecular complexity index is 304. The van der Waals surface area contributed by atoms with Crippen molar-refractivity contribution in [3.05, 3.63) is 0 Å². The molecule has 0 radical (unpaired) electrons. The molecule has 3 fully saturated rings. The maximum absolute atomic E-state index is 12.1. The van der Waals surface area contributed by atoms with Crippen LogP contribution in [-0.2, 0) is 4.79 Å². The van der Waals surface area contributed by atoms with Gasteiger partial charge in [-0.15, -0.1) is 0 Å². The van der Waals surface area contributed by atoms with E-state index in [2.05, 4.69) is 17.1 Å². The standard InChI is InChI=1S/C13H22N2O/c1-3-11(16)13-12-8(7-15(13)4-2)9-5-6-10(12)14-9/h8-10,12-14H,3-7H2,1-2H3. The third kappa shape index (κ3) is 1.31. The van der Waals surface area contributed by atoms with Crippen LogP contribution in [0.2, 0.25) is 0 Å². The summed E-state index contributed by atoms with van der Waals surface area (Å²) in [5.74, 6) is 1.83. The molecule has 0 saturated carbocycles. The highest BCUT2D eigenvalue weighted by Crippen LogP contribution is 2.46. The van der Waals surface area contributed by atoms with E-state index in [1.807, 2.05) is 6.92 Å². The lowest BCUT2D eigenvalue weighted by Crippen LogP contribution is -2.44. The Balaban J connectivity index is 1.86. The highest BCUT2D eigenvalue weighted by Gasteiger charge is 2.57. The zero-order valence-electron chi connectivity index (χ0n) is 10.3. The fraction of sp³-hybridized carbons (Fsp3) is 0.923. The van der Waals surface area contributed by atoms with Gasteiger partial charge in [0.25, 0.3) is 0 Å². The summed E-state index contributed by atoms with van der Waals surface area (Å²) in [6, 6.07) is 1.56. The van der Waals surface area contributed by atoms with Crippen LogP contribution in [0, 0.1) is 11.8 Å². The van der Waals surface area contributed by atoms with Crippen LogP contribution in [0.1, 0.15) is 33.1 Å². The molecule has 5 atom stereocenters. The summed E-state index contributed by atoms with van der Waals surface area (Å²) in [5, 5.41) is 3.70. The highest BCUT2D eigenvalue weighted by atomic mass is 16.1. The topological polar surface area (TPSA) is 32.3 Å². The Hall–Kier alpha value is -0.410. The quantitative estimate of drug-likeness (QED) is 0.774. The molecule has 1 N–H and O–H groups in total. The molecule has 3 aliphatic rings. The molecule has 3 nitrogen and oxygen atoms in total. The van der Waals surface area contributed by atoms with E-state index >= 15 is 0 Å². The van der Waals surface area contributed by atoms with Gasteiger partial charge in [0.15, 0.2) is 0 Å². The van der Waals surface area contributed by atoms with Crippen LogP contribution in [0.3, 0.4) is 0 Å². The number of likely N-dealkylation sites (N-methyl/N-ethyl adjacent to an activating group) is 1. The Morgan fingerprint density at radius 1 is 1.31 bits per heavy atom. The van der Waals surface area contributed by atoms with Crippen molar-refractivity contribution in [1.82, 2.24) is 10.2 Å². The van der Waals surface area contributed by atoms with Crippen LogP contribution in [0.4, 0.5) is 0 Å². The minimum atomic E-state index is 0.225. The van der Waals surface area contributed by atoms with Crippen molar-refractivity contribution in [2.24, 2.45) is 11.8 Å². The van der Waals surface area contributed by atoms with Crippen LogP contribution in [-0.4, -0.2) is 41.9 Å². The van der Waals surface area contributed by atoms with Gasteiger partial charge in [0.2, 0.25) is 0 Å². The van der Waals surface area contributed by atoms with Crippen molar-refractivity contribution >= 4 is 5.78 Å². The van der Waals surface area contributed by atoms with Gasteiger partial charge in [0, 0.05) is 31.0 Å². The van der Waals surface area contributed by atoms with Gasteiger partial charge in [0.05, 0.1) is 6.04 Å². The van der Waals surface area contributed by atoms with E-state index in [-0.39, 0.29) is 6.04 Å². The number of carbonyl (C=O) groups is 1. The molecule has 0 aromatic carbocycles. The van der Waals surface area contributed by atoms with Crippen molar-refractivity contribution in [2.45, 2.75) is 51.2 Å². The van der Waals surface area contributed by atoms with Gasteiger partial charge in [-0.1, -0.05) is 13.8 Å². The molecule has 16 heavy (non-hydrogen) atoms. The molecule has 0 aromatic rings. The van der Waals surface area contributed by atoms with Gasteiger partial charge in [0.1, 0.15) is 5.78 Å². The molecule has 0 aliphatic carbocycles. The van der Waals surface area contributed by atoms with Gasteiger partial charge in [-0.25, -0.2) is 0 Å². The molecular weight excluding hydrogens is 200 g/mol. The number of hydrogen-bond donors (Lipinski definition) is 1. The molecule has 90 valence electrons. The summed E-state index contributed by atoms with van der Waals surface area (Å²) in [4.78, 5) is 14.6. The van der Waals surface area contributed by atoms with Crippen LogP contribution in [0.15, 0.2) is 0 Å². The Kier molecular flexibility index (Phi) is 2.55. The fourth-order valence-electron chi connectivity index (χ4n) is 4.29. The van der Waals surface area contributed by atoms with Gasteiger partial charge in [-0.3, -0.25) is 9.69 Å². The van der Waals surface area contributed by atoms with E-state index in [4.69, 9.17) is 0 Å². The van der Waals surface area contributed by atoms with Gasteiger partial charge in [-0.05, 0) is 25.3 Å². The second-order valence-electron chi connectivity index (χ2n) is 5.55. The fourth-order valence-corrected chi connectivity index (χ4v) is 4.29. The maximum Gasteiger partial charge on any atom is 0.150 e. The number of fused-ring (bicyclic) bond motifs is 5. The van der Waals surface area contributed by atoms with Crippen molar-refractivity contribution in [3.8, 4) is 0 Å². The SMILES string of the molecule is CCC(=O)C1C2C3CCC(N3)C2CN1CC. The molecule has 0 amide bonds. The van der Waals surface area contributed by atoms with Gasteiger partial charge >= 0.3 is 0 Å². The van der Waals surface area contributed by atoms with Crippen LogP contribution < -0.4 is 5.32 Å². The first-order valence-corrected chi connectivity index (χ1v) is 6.79. The summed E-state index contributed by atoms with van der Waals surface area (Å²) in [7, 11) is 0. The first-order valence-electron chi connectivity index (χ1n) is 6.79. The molecule has 3 saturated heterocycles. The summed E-state index contributed by atoms with van der Waals surface area (Å²) in [6.07, 6.45) is 3.31. The molecule has 3 aliphatic heterocycles. The summed E-state index contributed by atoms with van der Waals surface area (Å²) >= 11 is 0. The summed E-state index contributed by atoms with van der Waals surface area (Å²) in [5.41, 5.74) is 0. The first-order chi connectivity index (χ1) is 7.76.